The Kier molecular flexibility index (Phi) is 2.44. The lowest BCUT2D eigenvalue weighted by atomic mass is 9.93. The Morgan fingerprint density at radius 3 is 2.58 bits per heavy atom. The van der Waals surface area contributed by atoms with E-state index in [4.69, 9.17) is 10.5 Å². The van der Waals surface area contributed by atoms with E-state index in [0.29, 0.717) is 5.92 Å². The quantitative estimate of drug-likeness (QED) is 0.907. The fraction of sp³-hybridized carbons (Fsp3) is 0.625. The van der Waals surface area contributed by atoms with Gasteiger partial charge in [0.25, 0.3) is 0 Å². The van der Waals surface area contributed by atoms with Crippen molar-refractivity contribution >= 4 is 0 Å². The van der Waals surface area contributed by atoms with Crippen molar-refractivity contribution < 1.29 is 9.13 Å². The number of nitrogens with two attached hydrogens (primary N) is 1. The van der Waals surface area contributed by atoms with Gasteiger partial charge in [-0.3, -0.25) is 0 Å². The SMILES string of the molecule is COc1ccc(F)cc1C(N)C1C2C3CCC(C3)C21. The minimum atomic E-state index is -0.222. The van der Waals surface area contributed by atoms with Crippen LogP contribution in [0.15, 0.2) is 18.2 Å². The van der Waals surface area contributed by atoms with Crippen molar-refractivity contribution in [3.63, 3.8) is 0 Å². The van der Waals surface area contributed by atoms with Crippen molar-refractivity contribution in [2.45, 2.75) is 25.3 Å². The van der Waals surface area contributed by atoms with E-state index in [9.17, 15) is 4.39 Å². The third-order valence-electron chi connectivity index (χ3n) is 5.76. The summed E-state index contributed by atoms with van der Waals surface area (Å²) in [5.41, 5.74) is 7.29. The molecule has 1 aromatic carbocycles. The molecule has 5 unspecified atom stereocenters. The number of halogens is 1. The van der Waals surface area contributed by atoms with Crippen LogP contribution in [0, 0.1) is 35.4 Å². The van der Waals surface area contributed by atoms with Crippen LogP contribution in [0.5, 0.6) is 5.75 Å². The first-order valence-electron chi connectivity index (χ1n) is 7.29. The number of ether oxygens (including phenoxy) is 1. The average molecular weight is 261 g/mol. The standard InChI is InChI=1S/C16H20FNO/c1-19-12-5-4-10(17)7-11(12)16(18)15-13-8-2-3-9(6-8)14(13)15/h4-5,7-9,13-16H,2-3,6,18H2,1H3. The lowest BCUT2D eigenvalue weighted by Crippen LogP contribution is -2.18. The number of rotatable bonds is 3. The Balaban J connectivity index is 1.62. The summed E-state index contributed by atoms with van der Waals surface area (Å²) in [7, 11) is 1.63. The van der Waals surface area contributed by atoms with E-state index < -0.39 is 0 Å². The first-order chi connectivity index (χ1) is 9.20. The fourth-order valence-corrected chi connectivity index (χ4v) is 5.05. The van der Waals surface area contributed by atoms with Crippen LogP contribution < -0.4 is 10.5 Å². The van der Waals surface area contributed by atoms with Gasteiger partial charge in [0.05, 0.1) is 7.11 Å². The minimum absolute atomic E-state index is 0.0657. The third-order valence-corrected chi connectivity index (χ3v) is 5.76. The van der Waals surface area contributed by atoms with E-state index in [1.807, 2.05) is 0 Å². The van der Waals surface area contributed by atoms with E-state index in [0.717, 1.165) is 35.0 Å². The molecule has 3 saturated carbocycles. The highest BCUT2D eigenvalue weighted by molar-refractivity contribution is 5.38. The van der Waals surface area contributed by atoms with Crippen LogP contribution >= 0.6 is 0 Å². The van der Waals surface area contributed by atoms with E-state index in [1.165, 1.54) is 25.3 Å². The highest BCUT2D eigenvalue weighted by atomic mass is 19.1. The van der Waals surface area contributed by atoms with Crippen molar-refractivity contribution in [1.29, 1.82) is 0 Å². The van der Waals surface area contributed by atoms with Crippen LogP contribution in [0.4, 0.5) is 4.39 Å². The molecule has 0 spiro atoms. The molecule has 3 heteroatoms. The zero-order valence-electron chi connectivity index (χ0n) is 11.2. The van der Waals surface area contributed by atoms with Crippen LogP contribution in [-0.4, -0.2) is 7.11 Å². The van der Waals surface area contributed by atoms with Crippen molar-refractivity contribution in [2.24, 2.45) is 35.3 Å². The summed E-state index contributed by atoms with van der Waals surface area (Å²) in [6.45, 7) is 0. The molecule has 0 aliphatic heterocycles. The Morgan fingerprint density at radius 1 is 1.26 bits per heavy atom. The van der Waals surface area contributed by atoms with E-state index in [1.54, 1.807) is 19.2 Å². The van der Waals surface area contributed by atoms with Gasteiger partial charge in [0.15, 0.2) is 0 Å². The average Bonchev–Trinajstić information content (AvgIpc) is 2.85. The lowest BCUT2D eigenvalue weighted by Gasteiger charge is -2.19. The summed E-state index contributed by atoms with van der Waals surface area (Å²) in [5, 5.41) is 0. The molecule has 19 heavy (non-hydrogen) atoms. The summed E-state index contributed by atoms with van der Waals surface area (Å²) >= 11 is 0. The van der Waals surface area contributed by atoms with Crippen LogP contribution in [-0.2, 0) is 0 Å². The normalized spacial score (nSPS) is 40.1. The number of hydrogen-bond acceptors (Lipinski definition) is 2. The molecular formula is C16H20FNO. The van der Waals surface area contributed by atoms with Crippen molar-refractivity contribution in [3.8, 4) is 5.75 Å². The molecule has 0 amide bonds. The monoisotopic (exact) mass is 261 g/mol. The Hall–Kier alpha value is -1.09. The molecule has 3 aliphatic rings. The highest BCUT2D eigenvalue weighted by Gasteiger charge is 2.66. The summed E-state index contributed by atoms with van der Waals surface area (Å²) in [6.07, 6.45) is 4.18. The minimum Gasteiger partial charge on any atom is -0.496 e. The Labute approximate surface area is 113 Å². The zero-order valence-corrected chi connectivity index (χ0v) is 11.2. The number of hydrogen-bond donors (Lipinski definition) is 1. The smallest absolute Gasteiger partial charge is 0.123 e. The maximum Gasteiger partial charge on any atom is 0.123 e. The first kappa shape index (κ1) is 11.7. The summed E-state index contributed by atoms with van der Waals surface area (Å²) in [4.78, 5) is 0. The van der Waals surface area contributed by atoms with Crippen molar-refractivity contribution in [3.05, 3.63) is 29.6 Å². The summed E-state index contributed by atoms with van der Waals surface area (Å²) < 4.78 is 18.8. The molecule has 3 aliphatic carbocycles. The molecule has 4 rings (SSSR count). The van der Waals surface area contributed by atoms with Gasteiger partial charge in [0.2, 0.25) is 0 Å². The molecule has 2 N–H and O–H groups in total. The van der Waals surface area contributed by atoms with Gasteiger partial charge < -0.3 is 10.5 Å². The summed E-state index contributed by atoms with van der Waals surface area (Å²) in [5.74, 6) is 4.47. The predicted molar refractivity (Wildman–Crippen MR) is 71.2 cm³/mol. The molecular weight excluding hydrogens is 241 g/mol. The largest absolute Gasteiger partial charge is 0.496 e. The lowest BCUT2D eigenvalue weighted by molar-refractivity contribution is 0.382. The number of fused-ring (bicyclic) bond motifs is 5. The van der Waals surface area contributed by atoms with Gasteiger partial charge in [0, 0.05) is 11.6 Å². The second-order valence-electron chi connectivity index (χ2n) is 6.48. The van der Waals surface area contributed by atoms with Gasteiger partial charge in [-0.25, -0.2) is 4.39 Å². The Bertz CT molecular complexity index is 501. The van der Waals surface area contributed by atoms with Gasteiger partial charge in [-0.15, -0.1) is 0 Å². The summed E-state index contributed by atoms with van der Waals surface area (Å²) in [6, 6.07) is 4.62. The van der Waals surface area contributed by atoms with Gasteiger partial charge in [-0.2, -0.15) is 0 Å². The molecule has 0 radical (unpaired) electrons. The molecule has 2 bridgehead atoms. The second kappa shape index (κ2) is 3.95. The van der Waals surface area contributed by atoms with E-state index >= 15 is 0 Å². The Morgan fingerprint density at radius 2 is 1.95 bits per heavy atom. The van der Waals surface area contributed by atoms with Gasteiger partial charge in [-0.1, -0.05) is 0 Å². The highest BCUT2D eigenvalue weighted by Crippen LogP contribution is 2.72. The molecule has 2 nitrogen and oxygen atoms in total. The number of benzene rings is 1. The predicted octanol–water partition coefficient (Wildman–Crippen LogP) is 3.13. The van der Waals surface area contributed by atoms with E-state index in [2.05, 4.69) is 0 Å². The topological polar surface area (TPSA) is 35.2 Å². The number of methoxy groups -OCH3 is 1. The maximum atomic E-state index is 13.5. The maximum absolute atomic E-state index is 13.5. The molecule has 102 valence electrons. The zero-order chi connectivity index (χ0) is 13.1. The van der Waals surface area contributed by atoms with Gasteiger partial charge in [0.1, 0.15) is 11.6 Å². The van der Waals surface area contributed by atoms with Crippen LogP contribution in [0.1, 0.15) is 30.9 Å². The van der Waals surface area contributed by atoms with Crippen LogP contribution in [0.3, 0.4) is 0 Å². The molecule has 0 heterocycles. The van der Waals surface area contributed by atoms with Crippen LogP contribution in [0.2, 0.25) is 0 Å². The molecule has 1 aromatic rings. The van der Waals surface area contributed by atoms with Gasteiger partial charge >= 0.3 is 0 Å². The van der Waals surface area contributed by atoms with Gasteiger partial charge in [-0.05, 0) is 67.1 Å². The van der Waals surface area contributed by atoms with Crippen molar-refractivity contribution in [1.82, 2.24) is 0 Å². The molecule has 5 atom stereocenters. The third kappa shape index (κ3) is 1.57. The first-order valence-corrected chi connectivity index (χ1v) is 7.29. The van der Waals surface area contributed by atoms with E-state index in [-0.39, 0.29) is 11.9 Å². The molecule has 0 saturated heterocycles. The fourth-order valence-electron chi connectivity index (χ4n) is 5.05. The van der Waals surface area contributed by atoms with Crippen LogP contribution in [0.25, 0.3) is 0 Å². The van der Waals surface area contributed by atoms with Crippen molar-refractivity contribution in [2.75, 3.05) is 7.11 Å². The molecule has 3 fully saturated rings. The molecule has 0 aromatic heterocycles. The second-order valence-corrected chi connectivity index (χ2v) is 6.48.